The van der Waals surface area contributed by atoms with Crippen LogP contribution in [0.4, 0.5) is 0 Å². The van der Waals surface area contributed by atoms with Crippen molar-refractivity contribution in [1.82, 2.24) is 0 Å². The molecular weight excluding hydrogens is 404 g/mol. The Morgan fingerprint density at radius 3 is 2.21 bits per heavy atom. The minimum absolute atomic E-state index is 0.0492. The monoisotopic (exact) mass is 454 g/mol. The summed E-state index contributed by atoms with van der Waals surface area (Å²) in [6, 6.07) is 0. The first kappa shape index (κ1) is 23.1. The fourth-order valence-electron chi connectivity index (χ4n) is 12.1. The van der Waals surface area contributed by atoms with Gasteiger partial charge in [-0.2, -0.15) is 0 Å². The fraction of sp³-hybridized carbons (Fsp3) is 0.935. The molecule has 0 bridgehead atoms. The van der Waals surface area contributed by atoms with Crippen LogP contribution < -0.4 is 0 Å². The minimum Gasteiger partial charge on any atom is -0.393 e. The molecule has 5 aliphatic carbocycles. The van der Waals surface area contributed by atoms with Gasteiger partial charge in [-0.3, -0.25) is 0 Å². The highest BCUT2D eigenvalue weighted by atomic mass is 16.6. The van der Waals surface area contributed by atoms with Gasteiger partial charge in [-0.25, -0.2) is 0 Å². The Hall–Kier alpha value is -0.340. The molecule has 5 saturated carbocycles. The summed E-state index contributed by atoms with van der Waals surface area (Å²) in [4.78, 5) is 0. The number of allylic oxidation sites excluding steroid dienone is 1. The van der Waals surface area contributed by atoms with E-state index in [1.807, 2.05) is 0 Å². The average Bonchev–Trinajstić information content (AvgIpc) is 3.52. The lowest BCUT2D eigenvalue weighted by Crippen LogP contribution is -2.67. The molecule has 1 aliphatic heterocycles. The molecule has 0 spiro atoms. The van der Waals surface area contributed by atoms with Gasteiger partial charge in [-0.1, -0.05) is 46.8 Å². The zero-order valence-electron chi connectivity index (χ0n) is 22.4. The van der Waals surface area contributed by atoms with Gasteiger partial charge in [0.15, 0.2) is 0 Å². The summed E-state index contributed by atoms with van der Waals surface area (Å²) in [5.41, 5.74) is 3.14. The largest absolute Gasteiger partial charge is 0.393 e. The maximum atomic E-state index is 10.9. The summed E-state index contributed by atoms with van der Waals surface area (Å²) in [5.74, 6) is 3.77. The third kappa shape index (κ3) is 2.69. The van der Waals surface area contributed by atoms with Crippen molar-refractivity contribution in [2.24, 2.45) is 56.7 Å². The van der Waals surface area contributed by atoms with Gasteiger partial charge >= 0.3 is 0 Å². The Kier molecular flexibility index (Phi) is 4.83. The van der Waals surface area contributed by atoms with Crippen molar-refractivity contribution in [3.05, 3.63) is 12.2 Å². The standard InChI is InChI=1S/C31H50O2/c1-19(2)20-10-15-31(25-18-33-25)17-16-29(6)21(26(20)31)8-9-23-28(5)13-12-24(32)27(3,4)22(28)11-14-30(23,29)7/h20-26,32H,1,8-18H2,2-7H3/t20-,21+,22-,23+,24-,25+,26+,28-,29+,30+,31+/m0/s1. The van der Waals surface area contributed by atoms with Crippen LogP contribution in [0.1, 0.15) is 106 Å². The summed E-state index contributed by atoms with van der Waals surface area (Å²) in [7, 11) is 0. The normalized spacial score (nSPS) is 59.1. The highest BCUT2D eigenvalue weighted by molar-refractivity contribution is 5.23. The molecule has 0 amide bonds. The van der Waals surface area contributed by atoms with Gasteiger partial charge in [0, 0.05) is 5.41 Å². The third-order valence-electron chi connectivity index (χ3n) is 14.1. The maximum absolute atomic E-state index is 10.9. The van der Waals surface area contributed by atoms with Crippen LogP contribution in [0.3, 0.4) is 0 Å². The van der Waals surface area contributed by atoms with Gasteiger partial charge in [0.1, 0.15) is 0 Å². The number of epoxide rings is 1. The number of aliphatic hydroxyl groups is 1. The van der Waals surface area contributed by atoms with Crippen LogP contribution in [0.15, 0.2) is 12.2 Å². The molecule has 186 valence electrons. The van der Waals surface area contributed by atoms with Crippen molar-refractivity contribution in [1.29, 1.82) is 0 Å². The predicted octanol–water partition coefficient (Wildman–Crippen LogP) is 7.40. The van der Waals surface area contributed by atoms with E-state index >= 15 is 0 Å². The summed E-state index contributed by atoms with van der Waals surface area (Å²) in [6.07, 6.45) is 13.6. The molecule has 0 unspecified atom stereocenters. The van der Waals surface area contributed by atoms with E-state index in [2.05, 4.69) is 48.1 Å². The molecule has 1 heterocycles. The van der Waals surface area contributed by atoms with Crippen LogP contribution in [-0.2, 0) is 4.74 Å². The predicted molar refractivity (Wildman–Crippen MR) is 135 cm³/mol. The molecular formula is C31H50O2. The minimum atomic E-state index is -0.129. The first-order valence-corrected chi connectivity index (χ1v) is 14.4. The van der Waals surface area contributed by atoms with Crippen LogP contribution in [0, 0.1) is 56.7 Å². The molecule has 0 aromatic rings. The van der Waals surface area contributed by atoms with E-state index in [9.17, 15) is 5.11 Å². The summed E-state index contributed by atoms with van der Waals surface area (Å²) < 4.78 is 6.09. The van der Waals surface area contributed by atoms with E-state index in [1.54, 1.807) is 0 Å². The summed E-state index contributed by atoms with van der Waals surface area (Å²) >= 11 is 0. The second-order valence-electron chi connectivity index (χ2n) is 15.1. The molecule has 11 atom stereocenters. The topological polar surface area (TPSA) is 32.8 Å². The van der Waals surface area contributed by atoms with Crippen molar-refractivity contribution in [2.45, 2.75) is 118 Å². The van der Waals surface area contributed by atoms with Crippen molar-refractivity contribution in [3.8, 4) is 0 Å². The SMILES string of the molecule is C=C(C)[C@@H]1CC[C@]2([C@H]3CO3)CC[C@]3(C)[C@H](CC[C@@H]4[C@@]5(C)CC[C@H](O)C(C)(C)[C@@H]5CC[C@]43C)[C@@H]12. The molecule has 1 saturated heterocycles. The quantitative estimate of drug-likeness (QED) is 0.348. The van der Waals surface area contributed by atoms with Crippen LogP contribution in [0.5, 0.6) is 0 Å². The fourth-order valence-corrected chi connectivity index (χ4v) is 12.1. The van der Waals surface area contributed by atoms with Crippen LogP contribution in [0.25, 0.3) is 0 Å². The van der Waals surface area contributed by atoms with Crippen molar-refractivity contribution >= 4 is 0 Å². The van der Waals surface area contributed by atoms with Crippen molar-refractivity contribution in [2.75, 3.05) is 6.61 Å². The lowest BCUT2D eigenvalue weighted by molar-refractivity contribution is -0.248. The lowest BCUT2D eigenvalue weighted by Gasteiger charge is -2.73. The zero-order valence-corrected chi connectivity index (χ0v) is 22.4. The number of hydrogen-bond donors (Lipinski definition) is 1. The van der Waals surface area contributed by atoms with Crippen LogP contribution in [-0.4, -0.2) is 23.9 Å². The second-order valence-corrected chi connectivity index (χ2v) is 15.1. The van der Waals surface area contributed by atoms with Gasteiger partial charge < -0.3 is 9.84 Å². The van der Waals surface area contributed by atoms with Gasteiger partial charge in [-0.15, -0.1) is 0 Å². The van der Waals surface area contributed by atoms with E-state index in [4.69, 9.17) is 4.74 Å². The molecule has 6 rings (SSSR count). The maximum Gasteiger partial charge on any atom is 0.0868 e. The number of fused-ring (bicyclic) bond motifs is 7. The third-order valence-corrected chi connectivity index (χ3v) is 14.1. The van der Waals surface area contributed by atoms with Crippen molar-refractivity contribution in [3.63, 3.8) is 0 Å². The first-order chi connectivity index (χ1) is 15.4. The Labute approximate surface area is 203 Å². The van der Waals surface area contributed by atoms with E-state index in [-0.39, 0.29) is 11.5 Å². The molecule has 2 nitrogen and oxygen atoms in total. The highest BCUT2D eigenvalue weighted by Crippen LogP contribution is 2.78. The highest BCUT2D eigenvalue weighted by Gasteiger charge is 2.72. The van der Waals surface area contributed by atoms with Gasteiger partial charge in [-0.05, 0) is 122 Å². The molecule has 0 aromatic heterocycles. The molecule has 0 aromatic carbocycles. The second kappa shape index (κ2) is 6.90. The summed E-state index contributed by atoms with van der Waals surface area (Å²) in [6.45, 7) is 20.7. The van der Waals surface area contributed by atoms with Gasteiger partial charge in [0.2, 0.25) is 0 Å². The molecule has 1 N–H and O–H groups in total. The number of hydrogen-bond acceptors (Lipinski definition) is 2. The van der Waals surface area contributed by atoms with Crippen molar-refractivity contribution < 1.29 is 9.84 Å². The van der Waals surface area contributed by atoms with E-state index in [0.29, 0.717) is 39.6 Å². The Balaban J connectivity index is 1.40. The lowest BCUT2D eigenvalue weighted by atomic mass is 9.32. The Morgan fingerprint density at radius 1 is 0.818 bits per heavy atom. The van der Waals surface area contributed by atoms with E-state index < -0.39 is 0 Å². The molecule has 6 aliphatic rings. The number of aliphatic hydroxyl groups excluding tert-OH is 1. The number of rotatable bonds is 2. The molecule has 0 radical (unpaired) electrons. The first-order valence-electron chi connectivity index (χ1n) is 14.4. The zero-order chi connectivity index (χ0) is 23.6. The Bertz CT molecular complexity index is 842. The average molecular weight is 455 g/mol. The van der Waals surface area contributed by atoms with Crippen LogP contribution in [0.2, 0.25) is 0 Å². The summed E-state index contributed by atoms with van der Waals surface area (Å²) in [5, 5.41) is 10.9. The molecule has 2 heteroatoms. The van der Waals surface area contributed by atoms with E-state index in [0.717, 1.165) is 30.8 Å². The molecule has 6 fully saturated rings. The van der Waals surface area contributed by atoms with Gasteiger partial charge in [0.05, 0.1) is 18.8 Å². The Morgan fingerprint density at radius 2 is 1.55 bits per heavy atom. The smallest absolute Gasteiger partial charge is 0.0868 e. The van der Waals surface area contributed by atoms with Gasteiger partial charge in [0.25, 0.3) is 0 Å². The molecule has 33 heavy (non-hydrogen) atoms. The number of ether oxygens (including phenoxy) is 1. The van der Waals surface area contributed by atoms with Crippen LogP contribution >= 0.6 is 0 Å². The van der Waals surface area contributed by atoms with E-state index in [1.165, 1.54) is 63.4 Å².